The third-order valence-corrected chi connectivity index (χ3v) is 4.32. The topological polar surface area (TPSA) is 45.0 Å². The van der Waals surface area contributed by atoms with Crippen molar-refractivity contribution in [3.05, 3.63) is 20.8 Å². The molecule has 0 aliphatic carbocycles. The van der Waals surface area contributed by atoms with Crippen LogP contribution < -0.4 is 5.32 Å². The summed E-state index contributed by atoms with van der Waals surface area (Å²) in [6.45, 7) is 2.79. The average molecular weight is 301 g/mol. The van der Waals surface area contributed by atoms with Crippen molar-refractivity contribution < 1.29 is 4.74 Å². The second kappa shape index (κ2) is 5.28. The molecule has 5 heteroatoms. The van der Waals surface area contributed by atoms with Crippen LogP contribution in [0.25, 0.3) is 0 Å². The lowest BCUT2D eigenvalue weighted by Gasteiger charge is -2.35. The Balaban J connectivity index is 1.67. The van der Waals surface area contributed by atoms with Gasteiger partial charge in [-0.2, -0.15) is 5.26 Å². The lowest BCUT2D eigenvalue weighted by Crippen LogP contribution is -2.48. The number of nitrogens with one attached hydrogen (secondary N) is 1. The van der Waals surface area contributed by atoms with Gasteiger partial charge in [-0.15, -0.1) is 11.3 Å². The molecule has 1 aromatic rings. The summed E-state index contributed by atoms with van der Waals surface area (Å²) in [5.41, 5.74) is -0.268. The Kier molecular flexibility index (Phi) is 3.98. The van der Waals surface area contributed by atoms with Crippen LogP contribution in [-0.4, -0.2) is 26.3 Å². The van der Waals surface area contributed by atoms with E-state index in [1.165, 1.54) is 8.66 Å². The lowest BCUT2D eigenvalue weighted by molar-refractivity contribution is -0.0752. The molecule has 0 unspecified atom stereocenters. The molecule has 0 atom stereocenters. The van der Waals surface area contributed by atoms with E-state index in [2.05, 4.69) is 39.4 Å². The average Bonchev–Trinajstić information content (AvgIpc) is 2.62. The van der Waals surface area contributed by atoms with Gasteiger partial charge < -0.3 is 10.1 Å². The van der Waals surface area contributed by atoms with Crippen LogP contribution in [0.1, 0.15) is 4.88 Å². The first-order valence-electron chi connectivity index (χ1n) is 5.18. The van der Waals surface area contributed by atoms with Gasteiger partial charge >= 0.3 is 0 Å². The van der Waals surface area contributed by atoms with Gasteiger partial charge in [-0.1, -0.05) is 0 Å². The first kappa shape index (κ1) is 12.1. The molecule has 2 rings (SSSR count). The molecule has 0 bridgehead atoms. The van der Waals surface area contributed by atoms with E-state index in [-0.39, 0.29) is 5.41 Å². The molecule has 2 heterocycles. The second-order valence-corrected chi connectivity index (χ2v) is 6.57. The van der Waals surface area contributed by atoms with E-state index in [1.807, 2.05) is 0 Å². The maximum atomic E-state index is 8.98. The fourth-order valence-electron chi connectivity index (χ4n) is 1.58. The van der Waals surface area contributed by atoms with Crippen molar-refractivity contribution in [2.75, 3.05) is 26.3 Å². The van der Waals surface area contributed by atoms with Crippen molar-refractivity contribution in [2.45, 2.75) is 6.42 Å². The Morgan fingerprint density at radius 1 is 1.56 bits per heavy atom. The van der Waals surface area contributed by atoms with Gasteiger partial charge in [0, 0.05) is 18.0 Å². The highest BCUT2D eigenvalue weighted by atomic mass is 79.9. The van der Waals surface area contributed by atoms with E-state index in [1.54, 1.807) is 11.3 Å². The molecular weight excluding hydrogens is 288 g/mol. The summed E-state index contributed by atoms with van der Waals surface area (Å²) in [5.74, 6) is 0. The van der Waals surface area contributed by atoms with Crippen molar-refractivity contribution >= 4 is 27.3 Å². The molecule has 1 saturated heterocycles. The third-order valence-electron chi connectivity index (χ3n) is 2.63. The minimum absolute atomic E-state index is 0.268. The quantitative estimate of drug-likeness (QED) is 0.848. The van der Waals surface area contributed by atoms with E-state index >= 15 is 0 Å². The normalized spacial score (nSPS) is 17.8. The van der Waals surface area contributed by atoms with E-state index in [0.717, 1.165) is 19.5 Å². The zero-order valence-corrected chi connectivity index (χ0v) is 11.2. The van der Waals surface area contributed by atoms with Gasteiger partial charge in [0.25, 0.3) is 0 Å². The van der Waals surface area contributed by atoms with E-state index < -0.39 is 0 Å². The van der Waals surface area contributed by atoms with Crippen molar-refractivity contribution in [1.29, 1.82) is 5.26 Å². The SMILES string of the molecule is N#CC1(CNCCc2ccc(Br)s2)COC1. The number of nitriles is 1. The fraction of sp³-hybridized carbons (Fsp3) is 0.545. The molecule has 0 aromatic carbocycles. The van der Waals surface area contributed by atoms with Crippen LogP contribution >= 0.6 is 27.3 Å². The molecule has 1 aromatic heterocycles. The van der Waals surface area contributed by atoms with Crippen molar-refractivity contribution in [3.63, 3.8) is 0 Å². The Labute approximate surface area is 108 Å². The highest BCUT2D eigenvalue weighted by Gasteiger charge is 2.38. The molecule has 86 valence electrons. The minimum atomic E-state index is -0.268. The van der Waals surface area contributed by atoms with Crippen LogP contribution in [-0.2, 0) is 11.2 Å². The van der Waals surface area contributed by atoms with Gasteiger partial charge in [-0.25, -0.2) is 0 Å². The molecule has 0 saturated carbocycles. The summed E-state index contributed by atoms with van der Waals surface area (Å²) >= 11 is 5.20. The summed E-state index contributed by atoms with van der Waals surface area (Å²) < 4.78 is 6.25. The molecule has 0 spiro atoms. The second-order valence-electron chi connectivity index (χ2n) is 4.02. The maximum absolute atomic E-state index is 8.98. The van der Waals surface area contributed by atoms with Crippen molar-refractivity contribution in [2.24, 2.45) is 5.41 Å². The van der Waals surface area contributed by atoms with Gasteiger partial charge in [-0.3, -0.25) is 0 Å². The Morgan fingerprint density at radius 3 is 2.88 bits per heavy atom. The Hall–Kier alpha value is -0.410. The van der Waals surface area contributed by atoms with Crippen LogP contribution in [0.5, 0.6) is 0 Å². The standard InChI is InChI=1S/C11H13BrN2OS/c12-10-2-1-9(16-10)3-4-14-6-11(5-13)7-15-8-11/h1-2,14H,3-4,6-8H2. The first-order valence-corrected chi connectivity index (χ1v) is 6.79. The highest BCUT2D eigenvalue weighted by molar-refractivity contribution is 9.11. The fourth-order valence-corrected chi connectivity index (χ4v) is 3.06. The third kappa shape index (κ3) is 2.83. The van der Waals surface area contributed by atoms with Crippen LogP contribution in [0.4, 0.5) is 0 Å². The van der Waals surface area contributed by atoms with Crippen LogP contribution in [0, 0.1) is 16.7 Å². The number of thiophene rings is 1. The van der Waals surface area contributed by atoms with E-state index in [4.69, 9.17) is 10.00 Å². The Bertz CT molecular complexity index is 395. The predicted molar refractivity (Wildman–Crippen MR) is 67.5 cm³/mol. The largest absolute Gasteiger partial charge is 0.378 e. The number of hydrogen-bond donors (Lipinski definition) is 1. The van der Waals surface area contributed by atoms with E-state index in [0.29, 0.717) is 13.2 Å². The number of halogens is 1. The van der Waals surface area contributed by atoms with Gasteiger partial charge in [0.2, 0.25) is 0 Å². The van der Waals surface area contributed by atoms with Crippen LogP contribution in [0.3, 0.4) is 0 Å². The van der Waals surface area contributed by atoms with Crippen molar-refractivity contribution in [1.82, 2.24) is 5.32 Å². The molecule has 0 radical (unpaired) electrons. The maximum Gasteiger partial charge on any atom is 0.116 e. The zero-order valence-electron chi connectivity index (χ0n) is 8.83. The molecule has 1 aliphatic rings. The smallest absolute Gasteiger partial charge is 0.116 e. The summed E-state index contributed by atoms with van der Waals surface area (Å²) in [6, 6.07) is 6.52. The summed E-state index contributed by atoms with van der Waals surface area (Å²) in [7, 11) is 0. The number of ether oxygens (including phenoxy) is 1. The van der Waals surface area contributed by atoms with Gasteiger partial charge in [0.1, 0.15) is 5.41 Å². The minimum Gasteiger partial charge on any atom is -0.378 e. The zero-order chi connectivity index (χ0) is 11.4. The molecule has 0 amide bonds. The van der Waals surface area contributed by atoms with Crippen LogP contribution in [0.15, 0.2) is 15.9 Å². The van der Waals surface area contributed by atoms with Gasteiger partial charge in [-0.05, 0) is 34.5 Å². The van der Waals surface area contributed by atoms with Crippen molar-refractivity contribution in [3.8, 4) is 6.07 Å². The van der Waals surface area contributed by atoms with Gasteiger partial charge in [0.05, 0.1) is 23.1 Å². The predicted octanol–water partition coefficient (Wildman–Crippen LogP) is 2.18. The molecule has 1 fully saturated rings. The first-order chi connectivity index (χ1) is 7.74. The molecular formula is C11H13BrN2OS. The molecule has 1 aliphatic heterocycles. The summed E-state index contributed by atoms with van der Waals surface area (Å²) in [5, 5.41) is 12.3. The molecule has 16 heavy (non-hydrogen) atoms. The number of nitrogens with zero attached hydrogens (tertiary/aromatic N) is 1. The van der Waals surface area contributed by atoms with Crippen LogP contribution in [0.2, 0.25) is 0 Å². The van der Waals surface area contributed by atoms with Gasteiger partial charge in [0.15, 0.2) is 0 Å². The number of rotatable bonds is 5. The van der Waals surface area contributed by atoms with E-state index in [9.17, 15) is 0 Å². The summed E-state index contributed by atoms with van der Waals surface area (Å²) in [6.07, 6.45) is 1.01. The lowest BCUT2D eigenvalue weighted by atomic mass is 9.88. The highest BCUT2D eigenvalue weighted by Crippen LogP contribution is 2.25. The summed E-state index contributed by atoms with van der Waals surface area (Å²) in [4.78, 5) is 1.36. The number of hydrogen-bond acceptors (Lipinski definition) is 4. The monoisotopic (exact) mass is 300 g/mol. The molecule has 1 N–H and O–H groups in total. The Morgan fingerprint density at radius 2 is 2.38 bits per heavy atom. The molecule has 3 nitrogen and oxygen atoms in total.